The number of carbonyl (C=O) groups is 2. The van der Waals surface area contributed by atoms with Gasteiger partial charge in [0.15, 0.2) is 6.10 Å². The van der Waals surface area contributed by atoms with Crippen LogP contribution in [0.2, 0.25) is 5.02 Å². The fourth-order valence-electron chi connectivity index (χ4n) is 3.26. The SMILES string of the molecule is CCC(CC)C(=O)N1CCC(NC(=O)C(C)Oc2cccc(Cl)c2)CC1. The number of hydrogen-bond donors (Lipinski definition) is 1. The van der Waals surface area contributed by atoms with Crippen molar-refractivity contribution in [2.24, 2.45) is 5.92 Å². The first-order chi connectivity index (χ1) is 12.4. The van der Waals surface area contributed by atoms with Gasteiger partial charge in [-0.3, -0.25) is 9.59 Å². The minimum absolute atomic E-state index is 0.0821. The Bertz CT molecular complexity index is 611. The fourth-order valence-corrected chi connectivity index (χ4v) is 3.44. The van der Waals surface area contributed by atoms with Crippen LogP contribution in [0.4, 0.5) is 0 Å². The third-order valence-electron chi connectivity index (χ3n) is 4.97. The number of piperidine rings is 1. The zero-order valence-corrected chi connectivity index (χ0v) is 16.6. The van der Waals surface area contributed by atoms with E-state index in [1.807, 2.05) is 4.90 Å². The highest BCUT2D eigenvalue weighted by Gasteiger charge is 2.28. The van der Waals surface area contributed by atoms with Crippen LogP contribution < -0.4 is 10.1 Å². The minimum Gasteiger partial charge on any atom is -0.481 e. The molecule has 1 aromatic rings. The maximum Gasteiger partial charge on any atom is 0.260 e. The second-order valence-corrected chi connectivity index (χ2v) is 7.28. The lowest BCUT2D eigenvalue weighted by Gasteiger charge is -2.34. The zero-order chi connectivity index (χ0) is 19.1. The van der Waals surface area contributed by atoms with E-state index in [1.165, 1.54) is 0 Å². The number of carbonyl (C=O) groups excluding carboxylic acids is 2. The van der Waals surface area contributed by atoms with Gasteiger partial charge in [0.2, 0.25) is 5.91 Å². The summed E-state index contributed by atoms with van der Waals surface area (Å²) in [5, 5.41) is 3.61. The molecule has 0 bridgehead atoms. The molecule has 1 aliphatic rings. The lowest BCUT2D eigenvalue weighted by molar-refractivity contribution is -0.137. The number of nitrogens with one attached hydrogen (secondary N) is 1. The second kappa shape index (κ2) is 9.81. The van der Waals surface area contributed by atoms with Crippen molar-refractivity contribution in [2.75, 3.05) is 13.1 Å². The minimum atomic E-state index is -0.599. The molecular formula is C20H29ClN2O3. The zero-order valence-electron chi connectivity index (χ0n) is 15.8. The van der Waals surface area contributed by atoms with Crippen LogP contribution in [-0.2, 0) is 9.59 Å². The topological polar surface area (TPSA) is 58.6 Å². The third-order valence-corrected chi connectivity index (χ3v) is 5.20. The van der Waals surface area contributed by atoms with Crippen molar-refractivity contribution in [2.45, 2.75) is 58.6 Å². The predicted octanol–water partition coefficient (Wildman–Crippen LogP) is 3.65. The van der Waals surface area contributed by atoms with Crippen molar-refractivity contribution in [3.63, 3.8) is 0 Å². The van der Waals surface area contributed by atoms with Crippen LogP contribution in [0.15, 0.2) is 24.3 Å². The summed E-state index contributed by atoms with van der Waals surface area (Å²) in [7, 11) is 0. The van der Waals surface area contributed by atoms with Gasteiger partial charge in [-0.05, 0) is 50.8 Å². The van der Waals surface area contributed by atoms with E-state index >= 15 is 0 Å². The maximum atomic E-state index is 12.4. The molecule has 1 aromatic carbocycles. The molecule has 26 heavy (non-hydrogen) atoms. The average molecular weight is 381 g/mol. The Kier molecular flexibility index (Phi) is 7.76. The summed E-state index contributed by atoms with van der Waals surface area (Å²) in [5.41, 5.74) is 0. The number of ether oxygens (including phenoxy) is 1. The van der Waals surface area contributed by atoms with Gasteiger partial charge >= 0.3 is 0 Å². The van der Waals surface area contributed by atoms with Crippen LogP contribution in [0, 0.1) is 5.92 Å². The summed E-state index contributed by atoms with van der Waals surface area (Å²) in [6.45, 7) is 7.23. The van der Waals surface area contributed by atoms with Crippen LogP contribution in [0.3, 0.4) is 0 Å². The first-order valence-electron chi connectivity index (χ1n) is 9.46. The average Bonchev–Trinajstić information content (AvgIpc) is 2.63. The van der Waals surface area contributed by atoms with Crippen LogP contribution in [-0.4, -0.2) is 41.9 Å². The van der Waals surface area contributed by atoms with Crippen LogP contribution >= 0.6 is 11.6 Å². The molecule has 144 valence electrons. The van der Waals surface area contributed by atoms with E-state index in [0.717, 1.165) is 25.7 Å². The van der Waals surface area contributed by atoms with Crippen molar-refractivity contribution in [3.8, 4) is 5.75 Å². The van der Waals surface area contributed by atoms with Crippen molar-refractivity contribution in [3.05, 3.63) is 29.3 Å². The number of halogens is 1. The molecule has 0 saturated carbocycles. The first kappa shape index (κ1) is 20.6. The number of benzene rings is 1. The highest BCUT2D eigenvalue weighted by atomic mass is 35.5. The van der Waals surface area contributed by atoms with Crippen molar-refractivity contribution in [1.29, 1.82) is 0 Å². The summed E-state index contributed by atoms with van der Waals surface area (Å²) in [6.07, 6.45) is 2.72. The Morgan fingerprint density at radius 3 is 2.50 bits per heavy atom. The van der Waals surface area contributed by atoms with Crippen LogP contribution in [0.5, 0.6) is 5.75 Å². The molecule has 2 amide bonds. The van der Waals surface area contributed by atoms with E-state index in [1.54, 1.807) is 31.2 Å². The number of amides is 2. The molecule has 1 N–H and O–H groups in total. The van der Waals surface area contributed by atoms with Gasteiger partial charge in [0.25, 0.3) is 5.91 Å². The van der Waals surface area contributed by atoms with Gasteiger partial charge in [0.1, 0.15) is 5.75 Å². The Morgan fingerprint density at radius 2 is 1.92 bits per heavy atom. The van der Waals surface area contributed by atoms with E-state index in [4.69, 9.17) is 16.3 Å². The summed E-state index contributed by atoms with van der Waals surface area (Å²) in [5.74, 6) is 0.796. The quantitative estimate of drug-likeness (QED) is 0.785. The smallest absolute Gasteiger partial charge is 0.260 e. The molecule has 5 nitrogen and oxygen atoms in total. The van der Waals surface area contributed by atoms with Gasteiger partial charge < -0.3 is 15.0 Å². The molecular weight excluding hydrogens is 352 g/mol. The third kappa shape index (κ3) is 5.63. The molecule has 1 atom stereocenters. The van der Waals surface area contributed by atoms with E-state index in [-0.39, 0.29) is 23.8 Å². The summed E-state index contributed by atoms with van der Waals surface area (Å²) in [6, 6.07) is 7.09. The lowest BCUT2D eigenvalue weighted by atomic mass is 9.98. The molecule has 1 unspecified atom stereocenters. The number of hydrogen-bond acceptors (Lipinski definition) is 3. The molecule has 0 radical (unpaired) electrons. The Morgan fingerprint density at radius 1 is 1.27 bits per heavy atom. The molecule has 0 spiro atoms. The summed E-state index contributed by atoms with van der Waals surface area (Å²) >= 11 is 5.93. The van der Waals surface area contributed by atoms with Gasteiger partial charge in [-0.2, -0.15) is 0 Å². The molecule has 0 aliphatic carbocycles. The lowest BCUT2D eigenvalue weighted by Crippen LogP contribution is -2.50. The number of likely N-dealkylation sites (tertiary alicyclic amines) is 1. The number of rotatable bonds is 7. The van der Waals surface area contributed by atoms with E-state index in [9.17, 15) is 9.59 Å². The summed E-state index contributed by atoms with van der Waals surface area (Å²) in [4.78, 5) is 26.7. The van der Waals surface area contributed by atoms with E-state index in [0.29, 0.717) is 23.9 Å². The second-order valence-electron chi connectivity index (χ2n) is 6.84. The normalized spacial score (nSPS) is 16.4. The van der Waals surface area contributed by atoms with Crippen molar-refractivity contribution in [1.82, 2.24) is 10.2 Å². The van der Waals surface area contributed by atoms with Crippen molar-refractivity contribution >= 4 is 23.4 Å². The van der Waals surface area contributed by atoms with E-state index in [2.05, 4.69) is 19.2 Å². The monoisotopic (exact) mass is 380 g/mol. The van der Waals surface area contributed by atoms with Crippen molar-refractivity contribution < 1.29 is 14.3 Å². The Labute approximate surface area is 161 Å². The predicted molar refractivity (Wildman–Crippen MR) is 103 cm³/mol. The Hall–Kier alpha value is -1.75. The number of nitrogens with zero attached hydrogens (tertiary/aromatic N) is 1. The highest BCUT2D eigenvalue weighted by Crippen LogP contribution is 2.19. The molecule has 0 aromatic heterocycles. The maximum absolute atomic E-state index is 12.4. The van der Waals surface area contributed by atoms with Gasteiger partial charge in [-0.25, -0.2) is 0 Å². The molecule has 1 aliphatic heterocycles. The van der Waals surface area contributed by atoms with Gasteiger partial charge in [0.05, 0.1) is 0 Å². The van der Waals surface area contributed by atoms with Crippen LogP contribution in [0.25, 0.3) is 0 Å². The molecule has 1 heterocycles. The van der Waals surface area contributed by atoms with E-state index < -0.39 is 6.10 Å². The molecule has 1 saturated heterocycles. The van der Waals surface area contributed by atoms with Gasteiger partial charge in [-0.15, -0.1) is 0 Å². The highest BCUT2D eigenvalue weighted by molar-refractivity contribution is 6.30. The molecule has 6 heteroatoms. The summed E-state index contributed by atoms with van der Waals surface area (Å²) < 4.78 is 5.66. The van der Waals surface area contributed by atoms with Crippen LogP contribution in [0.1, 0.15) is 46.5 Å². The first-order valence-corrected chi connectivity index (χ1v) is 9.83. The molecule has 2 rings (SSSR count). The largest absolute Gasteiger partial charge is 0.481 e. The standard InChI is InChI=1S/C20H29ClN2O3/c1-4-15(5-2)20(25)23-11-9-17(10-12-23)22-19(24)14(3)26-18-8-6-7-16(21)13-18/h6-8,13-15,17H,4-5,9-12H2,1-3H3,(H,22,24). The Balaban J connectivity index is 1.79. The molecule has 1 fully saturated rings. The van der Waals surface area contributed by atoms with Gasteiger partial charge in [-0.1, -0.05) is 31.5 Å². The fraction of sp³-hybridized carbons (Fsp3) is 0.600. The van der Waals surface area contributed by atoms with Gasteiger partial charge in [0, 0.05) is 30.1 Å².